The van der Waals surface area contributed by atoms with Crippen LogP contribution in [0.4, 0.5) is 8.78 Å². The highest BCUT2D eigenvalue weighted by Crippen LogP contribution is 2.34. The Morgan fingerprint density at radius 2 is 2.20 bits per heavy atom. The Morgan fingerprint density at radius 1 is 1.53 bits per heavy atom. The standard InChI is InChI=1S/C10H12BrF2NO/c1-15-10-7(8(12)2-3-14)4-6(11)5-9(10)13/h4-5,8H,2-3,14H2,1H3. The van der Waals surface area contributed by atoms with E-state index in [0.717, 1.165) is 0 Å². The van der Waals surface area contributed by atoms with Crippen molar-refractivity contribution in [3.05, 3.63) is 28.0 Å². The van der Waals surface area contributed by atoms with Crippen molar-refractivity contribution < 1.29 is 13.5 Å². The lowest BCUT2D eigenvalue weighted by molar-refractivity contribution is 0.304. The zero-order valence-corrected chi connectivity index (χ0v) is 9.85. The molecule has 0 fully saturated rings. The molecular formula is C10H12BrF2NO. The number of ether oxygens (including phenoxy) is 1. The van der Waals surface area contributed by atoms with Gasteiger partial charge in [-0.05, 0) is 25.1 Å². The molecule has 0 radical (unpaired) electrons. The molecule has 0 aliphatic carbocycles. The third-order valence-electron chi connectivity index (χ3n) is 2.00. The van der Waals surface area contributed by atoms with Gasteiger partial charge >= 0.3 is 0 Å². The van der Waals surface area contributed by atoms with E-state index < -0.39 is 12.0 Å². The molecule has 2 N–H and O–H groups in total. The maximum atomic E-state index is 13.6. The van der Waals surface area contributed by atoms with Crippen LogP contribution in [0.2, 0.25) is 0 Å². The van der Waals surface area contributed by atoms with Gasteiger partial charge < -0.3 is 10.5 Å². The van der Waals surface area contributed by atoms with Crippen LogP contribution in [0.1, 0.15) is 18.2 Å². The Kier molecular flexibility index (Phi) is 4.47. The van der Waals surface area contributed by atoms with Crippen molar-refractivity contribution in [3.63, 3.8) is 0 Å². The van der Waals surface area contributed by atoms with Crippen LogP contribution in [0.3, 0.4) is 0 Å². The van der Waals surface area contributed by atoms with E-state index in [1.807, 2.05) is 0 Å². The van der Waals surface area contributed by atoms with Crippen molar-refractivity contribution in [2.45, 2.75) is 12.6 Å². The topological polar surface area (TPSA) is 35.2 Å². The van der Waals surface area contributed by atoms with E-state index in [4.69, 9.17) is 10.5 Å². The highest BCUT2D eigenvalue weighted by molar-refractivity contribution is 9.10. The molecule has 1 aromatic carbocycles. The van der Waals surface area contributed by atoms with Crippen LogP contribution >= 0.6 is 15.9 Å². The van der Waals surface area contributed by atoms with E-state index in [2.05, 4.69) is 15.9 Å². The number of alkyl halides is 1. The van der Waals surface area contributed by atoms with Gasteiger partial charge in [-0.1, -0.05) is 15.9 Å². The number of hydrogen-bond acceptors (Lipinski definition) is 2. The molecular weight excluding hydrogens is 268 g/mol. The summed E-state index contributed by atoms with van der Waals surface area (Å²) in [4.78, 5) is 0. The van der Waals surface area contributed by atoms with Gasteiger partial charge in [-0.15, -0.1) is 0 Å². The van der Waals surface area contributed by atoms with E-state index in [9.17, 15) is 8.78 Å². The van der Waals surface area contributed by atoms with E-state index in [1.54, 1.807) is 0 Å². The summed E-state index contributed by atoms with van der Waals surface area (Å²) < 4.78 is 32.3. The predicted molar refractivity (Wildman–Crippen MR) is 58.2 cm³/mol. The van der Waals surface area contributed by atoms with Crippen molar-refractivity contribution in [3.8, 4) is 5.75 Å². The monoisotopic (exact) mass is 279 g/mol. The zero-order valence-electron chi connectivity index (χ0n) is 8.27. The zero-order chi connectivity index (χ0) is 11.4. The van der Waals surface area contributed by atoms with Crippen LogP contribution in [-0.4, -0.2) is 13.7 Å². The van der Waals surface area contributed by atoms with Gasteiger partial charge in [0.05, 0.1) is 7.11 Å². The second kappa shape index (κ2) is 5.42. The van der Waals surface area contributed by atoms with Crippen molar-refractivity contribution in [2.24, 2.45) is 5.73 Å². The summed E-state index contributed by atoms with van der Waals surface area (Å²) >= 11 is 3.10. The second-order valence-corrected chi connectivity index (χ2v) is 3.97. The van der Waals surface area contributed by atoms with E-state index in [1.165, 1.54) is 19.2 Å². The summed E-state index contributed by atoms with van der Waals surface area (Å²) in [6.45, 7) is 0.207. The third kappa shape index (κ3) is 2.89. The fourth-order valence-electron chi connectivity index (χ4n) is 1.33. The first-order chi connectivity index (χ1) is 7.10. The fourth-order valence-corrected chi connectivity index (χ4v) is 1.78. The molecule has 15 heavy (non-hydrogen) atoms. The minimum Gasteiger partial charge on any atom is -0.493 e. The molecule has 1 rings (SSSR count). The molecule has 0 heterocycles. The van der Waals surface area contributed by atoms with Crippen LogP contribution in [0.25, 0.3) is 0 Å². The number of nitrogens with two attached hydrogens (primary N) is 1. The van der Waals surface area contributed by atoms with Gasteiger partial charge in [-0.25, -0.2) is 8.78 Å². The normalized spacial score (nSPS) is 12.6. The summed E-state index contributed by atoms with van der Waals surface area (Å²) in [5.74, 6) is -0.638. The van der Waals surface area contributed by atoms with Crippen LogP contribution in [0, 0.1) is 5.82 Å². The Bertz CT molecular complexity index is 346. The number of benzene rings is 1. The molecule has 0 bridgehead atoms. The van der Waals surface area contributed by atoms with Crippen molar-refractivity contribution in [1.82, 2.24) is 0 Å². The molecule has 5 heteroatoms. The molecule has 1 atom stereocenters. The van der Waals surface area contributed by atoms with Gasteiger partial charge in [0.2, 0.25) is 0 Å². The summed E-state index contributed by atoms with van der Waals surface area (Å²) in [6.07, 6.45) is -1.16. The van der Waals surface area contributed by atoms with Crippen molar-refractivity contribution in [2.75, 3.05) is 13.7 Å². The lowest BCUT2D eigenvalue weighted by atomic mass is 10.1. The van der Waals surface area contributed by atoms with Gasteiger partial charge in [-0.2, -0.15) is 0 Å². The fraction of sp³-hybridized carbons (Fsp3) is 0.400. The largest absolute Gasteiger partial charge is 0.493 e. The van der Waals surface area contributed by atoms with E-state index >= 15 is 0 Å². The molecule has 0 aliphatic rings. The molecule has 0 spiro atoms. The Labute approximate surface area is 95.5 Å². The Balaban J connectivity index is 3.13. The molecule has 0 aromatic heterocycles. The number of rotatable bonds is 4. The highest BCUT2D eigenvalue weighted by Gasteiger charge is 2.18. The first kappa shape index (κ1) is 12.4. The average molecular weight is 280 g/mol. The minimum atomic E-state index is -1.31. The summed E-state index contributed by atoms with van der Waals surface area (Å²) in [7, 11) is 1.31. The van der Waals surface area contributed by atoms with Gasteiger partial charge in [0.25, 0.3) is 0 Å². The molecule has 0 saturated carbocycles. The molecule has 2 nitrogen and oxygen atoms in total. The van der Waals surface area contributed by atoms with Crippen LogP contribution in [-0.2, 0) is 0 Å². The molecule has 84 valence electrons. The number of methoxy groups -OCH3 is 1. The van der Waals surface area contributed by atoms with Gasteiger partial charge in [0.1, 0.15) is 6.17 Å². The van der Waals surface area contributed by atoms with E-state index in [0.29, 0.717) is 4.47 Å². The molecule has 0 aliphatic heterocycles. The SMILES string of the molecule is COc1c(F)cc(Br)cc1C(F)CCN. The maximum Gasteiger partial charge on any atom is 0.166 e. The lowest BCUT2D eigenvalue weighted by Crippen LogP contribution is -2.06. The van der Waals surface area contributed by atoms with Crippen molar-refractivity contribution >= 4 is 15.9 Å². The van der Waals surface area contributed by atoms with Crippen LogP contribution in [0.5, 0.6) is 5.75 Å². The van der Waals surface area contributed by atoms with Crippen LogP contribution in [0.15, 0.2) is 16.6 Å². The smallest absolute Gasteiger partial charge is 0.166 e. The van der Waals surface area contributed by atoms with Crippen LogP contribution < -0.4 is 10.5 Å². The average Bonchev–Trinajstić information content (AvgIpc) is 2.17. The Morgan fingerprint density at radius 3 is 2.73 bits per heavy atom. The van der Waals surface area contributed by atoms with E-state index in [-0.39, 0.29) is 24.3 Å². The maximum absolute atomic E-state index is 13.6. The first-order valence-corrected chi connectivity index (χ1v) is 5.26. The summed E-state index contributed by atoms with van der Waals surface area (Å²) in [5.41, 5.74) is 5.44. The van der Waals surface area contributed by atoms with Gasteiger partial charge in [-0.3, -0.25) is 0 Å². The van der Waals surface area contributed by atoms with Gasteiger partial charge in [0, 0.05) is 10.0 Å². The quantitative estimate of drug-likeness (QED) is 0.920. The lowest BCUT2D eigenvalue weighted by Gasteiger charge is -2.13. The minimum absolute atomic E-state index is 0.0563. The number of hydrogen-bond donors (Lipinski definition) is 1. The number of halogens is 3. The first-order valence-electron chi connectivity index (χ1n) is 4.47. The molecule has 0 saturated heterocycles. The highest BCUT2D eigenvalue weighted by atomic mass is 79.9. The molecule has 0 amide bonds. The third-order valence-corrected chi connectivity index (χ3v) is 2.46. The molecule has 1 unspecified atom stereocenters. The van der Waals surface area contributed by atoms with Crippen molar-refractivity contribution in [1.29, 1.82) is 0 Å². The van der Waals surface area contributed by atoms with Gasteiger partial charge in [0.15, 0.2) is 11.6 Å². The predicted octanol–water partition coefficient (Wildman–Crippen LogP) is 2.96. The Hall–Kier alpha value is -0.680. The summed E-state index contributed by atoms with van der Waals surface area (Å²) in [6, 6.07) is 2.74. The second-order valence-electron chi connectivity index (χ2n) is 3.05. The molecule has 1 aromatic rings. The summed E-state index contributed by atoms with van der Waals surface area (Å²) in [5, 5.41) is 0.